The number of benzene rings is 3. The van der Waals surface area contributed by atoms with Gasteiger partial charge in [0.1, 0.15) is 18.2 Å². The molecule has 0 bridgehead atoms. The van der Waals surface area contributed by atoms with Gasteiger partial charge < -0.3 is 20.1 Å². The van der Waals surface area contributed by atoms with Gasteiger partial charge in [0.2, 0.25) is 0 Å². The Kier molecular flexibility index (Phi) is 8.65. The zero-order valence-corrected chi connectivity index (χ0v) is 24.1. The summed E-state index contributed by atoms with van der Waals surface area (Å²) >= 11 is 0. The van der Waals surface area contributed by atoms with Gasteiger partial charge in [-0.2, -0.15) is 9.78 Å². The highest BCUT2D eigenvalue weighted by atomic mass is 16.5. The van der Waals surface area contributed by atoms with E-state index < -0.39 is 23.1 Å². The molecule has 4 aromatic rings. The molecule has 1 aromatic heterocycles. The van der Waals surface area contributed by atoms with E-state index in [4.69, 9.17) is 9.47 Å². The van der Waals surface area contributed by atoms with Crippen molar-refractivity contribution >= 4 is 40.0 Å². The second kappa shape index (κ2) is 12.5. The third kappa shape index (κ3) is 6.67. The number of ether oxygens (including phenoxy) is 2. The molecule has 3 aromatic carbocycles. The second-order valence-electron chi connectivity index (χ2n) is 11.1. The molecule has 1 aliphatic heterocycles. The van der Waals surface area contributed by atoms with E-state index in [-0.39, 0.29) is 11.4 Å². The second-order valence-corrected chi connectivity index (χ2v) is 11.1. The Hall–Kier alpha value is -4.54. The first-order valence-electron chi connectivity index (χ1n) is 14.0. The summed E-state index contributed by atoms with van der Waals surface area (Å²) in [7, 11) is 0. The van der Waals surface area contributed by atoms with Gasteiger partial charge in [0.15, 0.2) is 0 Å². The van der Waals surface area contributed by atoms with Crippen LogP contribution in [0.4, 0.5) is 16.3 Å². The molecular formula is C32H35N5O5. The molecule has 2 heterocycles. The standard InChI is InChI=1S/C32H35N5O5/c1-32(2,3)27-21-28(37(35-27)31(40)33-22-9-5-4-6-10-22)34-30(39)29(38)25-13-14-26(24-12-8-7-11-23(24)25)42-20-17-36-15-18-41-19-16-36/h4-14,21H,15-20H2,1-3H3,(H,33,40)(H,34,39). The highest BCUT2D eigenvalue weighted by molar-refractivity contribution is 6.48. The number of aromatic nitrogens is 2. The third-order valence-corrected chi connectivity index (χ3v) is 7.04. The van der Waals surface area contributed by atoms with Crippen LogP contribution in [0.15, 0.2) is 72.8 Å². The van der Waals surface area contributed by atoms with Crippen LogP contribution in [0.3, 0.4) is 0 Å². The molecule has 0 atom stereocenters. The molecule has 0 aliphatic carbocycles. The van der Waals surface area contributed by atoms with Gasteiger partial charge in [0.05, 0.1) is 18.9 Å². The summed E-state index contributed by atoms with van der Waals surface area (Å²) in [5.41, 5.74) is 0.981. The number of rotatable bonds is 8. The molecule has 10 heteroatoms. The Bertz CT molecular complexity index is 1590. The molecule has 0 unspecified atom stereocenters. The average molecular weight is 570 g/mol. The van der Waals surface area contributed by atoms with Crippen LogP contribution in [0.2, 0.25) is 0 Å². The van der Waals surface area contributed by atoms with Crippen molar-refractivity contribution in [3.05, 3.63) is 84.1 Å². The molecule has 0 radical (unpaired) electrons. The van der Waals surface area contributed by atoms with E-state index in [1.165, 1.54) is 0 Å². The molecule has 1 aliphatic rings. The quantitative estimate of drug-likeness (QED) is 0.228. The Labute approximate surface area is 244 Å². The number of nitrogens with zero attached hydrogens (tertiary/aromatic N) is 3. The lowest BCUT2D eigenvalue weighted by Crippen LogP contribution is -2.38. The Balaban J connectivity index is 1.35. The summed E-state index contributed by atoms with van der Waals surface area (Å²) in [5, 5.41) is 11.2. The van der Waals surface area contributed by atoms with Crippen molar-refractivity contribution < 1.29 is 23.9 Å². The van der Waals surface area contributed by atoms with Crippen LogP contribution in [0.1, 0.15) is 36.8 Å². The Morgan fingerprint density at radius 3 is 2.31 bits per heavy atom. The minimum atomic E-state index is -0.879. The number of nitrogens with one attached hydrogen (secondary N) is 2. The SMILES string of the molecule is CC(C)(C)c1cc(NC(=O)C(=O)c2ccc(OCCN3CCOCC3)c3ccccc23)n(C(=O)Nc2ccccc2)n1. The fourth-order valence-electron chi connectivity index (χ4n) is 4.69. The van der Waals surface area contributed by atoms with E-state index in [9.17, 15) is 14.4 Å². The largest absolute Gasteiger partial charge is 0.492 e. The molecule has 2 N–H and O–H groups in total. The van der Waals surface area contributed by atoms with E-state index >= 15 is 0 Å². The van der Waals surface area contributed by atoms with E-state index in [0.717, 1.165) is 42.9 Å². The van der Waals surface area contributed by atoms with Gasteiger partial charge in [0.25, 0.3) is 11.7 Å². The molecule has 10 nitrogen and oxygen atoms in total. The Morgan fingerprint density at radius 1 is 0.905 bits per heavy atom. The predicted molar refractivity (Wildman–Crippen MR) is 161 cm³/mol. The van der Waals surface area contributed by atoms with Gasteiger partial charge in [-0.25, -0.2) is 4.79 Å². The van der Waals surface area contributed by atoms with E-state index in [2.05, 4.69) is 20.6 Å². The van der Waals surface area contributed by atoms with E-state index in [0.29, 0.717) is 29.1 Å². The molecule has 0 spiro atoms. The smallest absolute Gasteiger partial charge is 0.348 e. The lowest BCUT2D eigenvalue weighted by molar-refractivity contribution is -0.112. The average Bonchev–Trinajstić information content (AvgIpc) is 3.42. The highest BCUT2D eigenvalue weighted by Gasteiger charge is 2.26. The molecular weight excluding hydrogens is 534 g/mol. The summed E-state index contributed by atoms with van der Waals surface area (Å²) in [6.45, 7) is 10.3. The minimum absolute atomic E-state index is 0.0964. The fourth-order valence-corrected chi connectivity index (χ4v) is 4.69. The van der Waals surface area contributed by atoms with Crippen molar-refractivity contribution in [1.29, 1.82) is 0 Å². The van der Waals surface area contributed by atoms with Gasteiger partial charge in [-0.15, -0.1) is 0 Å². The highest BCUT2D eigenvalue weighted by Crippen LogP contribution is 2.30. The monoisotopic (exact) mass is 569 g/mol. The van der Waals surface area contributed by atoms with E-state index in [1.807, 2.05) is 45.0 Å². The lowest BCUT2D eigenvalue weighted by Gasteiger charge is -2.26. The summed E-state index contributed by atoms with van der Waals surface area (Å²) in [4.78, 5) is 42.2. The molecule has 1 saturated heterocycles. The number of anilines is 2. The number of fused-ring (bicyclic) bond motifs is 1. The number of carbonyl (C=O) groups is 3. The zero-order chi connectivity index (χ0) is 29.7. The molecule has 5 rings (SSSR count). The minimum Gasteiger partial charge on any atom is -0.492 e. The van der Waals surface area contributed by atoms with E-state index in [1.54, 1.807) is 48.5 Å². The molecule has 1 fully saturated rings. The van der Waals surface area contributed by atoms with Crippen LogP contribution < -0.4 is 15.4 Å². The normalized spacial score (nSPS) is 14.0. The van der Waals surface area contributed by atoms with Gasteiger partial charge in [-0.1, -0.05) is 63.2 Å². The summed E-state index contributed by atoms with van der Waals surface area (Å²) in [5.74, 6) is -0.879. The maximum Gasteiger partial charge on any atom is 0.348 e. The molecule has 2 amide bonds. The van der Waals surface area contributed by atoms with Crippen molar-refractivity contribution in [2.45, 2.75) is 26.2 Å². The molecule has 218 valence electrons. The lowest BCUT2D eigenvalue weighted by atomic mass is 9.92. The van der Waals surface area contributed by atoms with Crippen LogP contribution in [-0.4, -0.2) is 71.9 Å². The van der Waals surface area contributed by atoms with Crippen molar-refractivity contribution in [2.75, 3.05) is 50.1 Å². The van der Waals surface area contributed by atoms with Crippen LogP contribution in [-0.2, 0) is 14.9 Å². The van der Waals surface area contributed by atoms with Gasteiger partial charge in [-0.3, -0.25) is 14.5 Å². The first-order valence-corrected chi connectivity index (χ1v) is 14.0. The zero-order valence-electron chi connectivity index (χ0n) is 24.1. The van der Waals surface area contributed by atoms with Crippen molar-refractivity contribution in [2.24, 2.45) is 0 Å². The number of amides is 2. The topological polar surface area (TPSA) is 115 Å². The van der Waals surface area contributed by atoms with Crippen LogP contribution in [0, 0.1) is 0 Å². The molecule has 42 heavy (non-hydrogen) atoms. The summed E-state index contributed by atoms with van der Waals surface area (Å²) in [6.07, 6.45) is 0. The number of hydrogen-bond donors (Lipinski definition) is 2. The van der Waals surface area contributed by atoms with Gasteiger partial charge in [-0.05, 0) is 29.7 Å². The predicted octanol–water partition coefficient (Wildman–Crippen LogP) is 4.95. The first-order chi connectivity index (χ1) is 20.2. The molecule has 0 saturated carbocycles. The summed E-state index contributed by atoms with van der Waals surface area (Å²) < 4.78 is 12.6. The van der Waals surface area contributed by atoms with Crippen molar-refractivity contribution in [3.63, 3.8) is 0 Å². The Morgan fingerprint density at radius 2 is 1.60 bits per heavy atom. The summed E-state index contributed by atoms with van der Waals surface area (Å²) in [6, 6.07) is 20.6. The third-order valence-electron chi connectivity index (χ3n) is 7.04. The number of morpholine rings is 1. The van der Waals surface area contributed by atoms with Crippen LogP contribution in [0.25, 0.3) is 10.8 Å². The number of hydrogen-bond acceptors (Lipinski definition) is 7. The van der Waals surface area contributed by atoms with Gasteiger partial charge in [0, 0.05) is 47.8 Å². The number of Topliss-reactive ketones (excluding diaryl/α,β-unsaturated/α-hetero) is 1. The number of ketones is 1. The fraction of sp³-hybridized carbons (Fsp3) is 0.312. The van der Waals surface area contributed by atoms with Gasteiger partial charge >= 0.3 is 6.03 Å². The van der Waals surface area contributed by atoms with Crippen LogP contribution >= 0.6 is 0 Å². The van der Waals surface area contributed by atoms with Crippen LogP contribution in [0.5, 0.6) is 5.75 Å². The maximum absolute atomic E-state index is 13.5. The van der Waals surface area contributed by atoms with Crippen molar-refractivity contribution in [1.82, 2.24) is 14.7 Å². The number of carbonyl (C=O) groups excluding carboxylic acids is 3. The van der Waals surface area contributed by atoms with Crippen molar-refractivity contribution in [3.8, 4) is 5.75 Å². The number of para-hydroxylation sites is 1. The first kappa shape index (κ1) is 29.0. The maximum atomic E-state index is 13.5.